The second kappa shape index (κ2) is 4.94. The molecule has 0 saturated heterocycles. The summed E-state index contributed by atoms with van der Waals surface area (Å²) in [6.45, 7) is 0. The average Bonchev–Trinajstić information content (AvgIpc) is 2.89. The summed E-state index contributed by atoms with van der Waals surface area (Å²) < 4.78 is 16.0. The van der Waals surface area contributed by atoms with Crippen LogP contribution in [0.5, 0.6) is 23.0 Å². The van der Waals surface area contributed by atoms with Gasteiger partial charge in [0.1, 0.15) is 11.3 Å². The summed E-state index contributed by atoms with van der Waals surface area (Å²) in [6, 6.07) is 8.17. The van der Waals surface area contributed by atoms with Crippen LogP contribution in [0.3, 0.4) is 0 Å². The molecule has 21 heavy (non-hydrogen) atoms. The van der Waals surface area contributed by atoms with Crippen molar-refractivity contribution in [3.05, 3.63) is 36.6 Å². The Morgan fingerprint density at radius 3 is 2.38 bits per heavy atom. The van der Waals surface area contributed by atoms with Gasteiger partial charge in [-0.05, 0) is 24.3 Å². The molecule has 0 atom stereocenters. The first-order valence-corrected chi connectivity index (χ1v) is 6.30. The lowest BCUT2D eigenvalue weighted by atomic mass is 10.0. The first kappa shape index (κ1) is 13.2. The Kier molecular flexibility index (Phi) is 3.10. The molecule has 0 aliphatic rings. The van der Waals surface area contributed by atoms with Crippen LogP contribution in [0.4, 0.5) is 0 Å². The number of hydrogen-bond donors (Lipinski definition) is 2. The third-order valence-electron chi connectivity index (χ3n) is 3.35. The zero-order valence-electron chi connectivity index (χ0n) is 11.6. The van der Waals surface area contributed by atoms with E-state index in [0.29, 0.717) is 11.3 Å². The minimum atomic E-state index is 0.00328. The quantitative estimate of drug-likeness (QED) is 0.770. The fourth-order valence-corrected chi connectivity index (χ4v) is 2.39. The van der Waals surface area contributed by atoms with E-state index in [0.717, 1.165) is 16.5 Å². The summed E-state index contributed by atoms with van der Waals surface area (Å²) in [5, 5.41) is 20.2. The third-order valence-corrected chi connectivity index (χ3v) is 3.35. The first-order valence-electron chi connectivity index (χ1n) is 6.30. The molecule has 1 heterocycles. The lowest BCUT2D eigenvalue weighted by Crippen LogP contribution is -1.93. The van der Waals surface area contributed by atoms with Crippen LogP contribution in [-0.2, 0) is 0 Å². The van der Waals surface area contributed by atoms with Crippen LogP contribution in [0, 0.1) is 0 Å². The van der Waals surface area contributed by atoms with Crippen LogP contribution in [0.2, 0.25) is 0 Å². The number of ether oxygens (including phenoxy) is 2. The average molecular weight is 286 g/mol. The van der Waals surface area contributed by atoms with Crippen molar-refractivity contribution >= 4 is 11.0 Å². The van der Waals surface area contributed by atoms with Crippen LogP contribution in [-0.4, -0.2) is 24.4 Å². The number of rotatable bonds is 3. The molecule has 2 N–H and O–H groups in total. The van der Waals surface area contributed by atoms with E-state index in [1.807, 2.05) is 0 Å². The Morgan fingerprint density at radius 1 is 0.905 bits per heavy atom. The predicted molar refractivity (Wildman–Crippen MR) is 78.1 cm³/mol. The van der Waals surface area contributed by atoms with Gasteiger partial charge in [0.2, 0.25) is 5.75 Å². The molecule has 0 saturated carbocycles. The molecule has 5 nitrogen and oxygen atoms in total. The predicted octanol–water partition coefficient (Wildman–Crippen LogP) is 3.53. The second-order valence-electron chi connectivity index (χ2n) is 4.53. The van der Waals surface area contributed by atoms with Gasteiger partial charge in [0.05, 0.1) is 20.5 Å². The molecule has 108 valence electrons. The lowest BCUT2D eigenvalue weighted by molar-refractivity contribution is 0.334. The smallest absolute Gasteiger partial charge is 0.203 e. The van der Waals surface area contributed by atoms with E-state index in [2.05, 4.69) is 0 Å². The Labute approximate surface area is 121 Å². The topological polar surface area (TPSA) is 72.1 Å². The summed E-state index contributed by atoms with van der Waals surface area (Å²) in [4.78, 5) is 0. The molecule has 5 heteroatoms. The summed E-state index contributed by atoms with van der Waals surface area (Å²) >= 11 is 0. The van der Waals surface area contributed by atoms with Crippen molar-refractivity contribution in [2.45, 2.75) is 0 Å². The van der Waals surface area contributed by atoms with E-state index in [4.69, 9.17) is 13.9 Å². The van der Waals surface area contributed by atoms with Crippen molar-refractivity contribution in [2.24, 2.45) is 0 Å². The maximum Gasteiger partial charge on any atom is 0.203 e. The fraction of sp³-hybridized carbons (Fsp3) is 0.125. The summed E-state index contributed by atoms with van der Waals surface area (Å²) in [5.74, 6) is 0.832. The molecule has 3 aromatic rings. The Morgan fingerprint density at radius 2 is 1.67 bits per heavy atom. The van der Waals surface area contributed by atoms with Gasteiger partial charge in [-0.25, -0.2) is 0 Å². The summed E-state index contributed by atoms with van der Waals surface area (Å²) in [7, 11) is 2.97. The molecule has 0 fully saturated rings. The number of methoxy groups -OCH3 is 2. The van der Waals surface area contributed by atoms with Gasteiger partial charge in [-0.2, -0.15) is 0 Å². The van der Waals surface area contributed by atoms with Gasteiger partial charge in [-0.1, -0.05) is 0 Å². The van der Waals surface area contributed by atoms with Crippen LogP contribution in [0.25, 0.3) is 22.1 Å². The molecule has 0 radical (unpaired) electrons. The van der Waals surface area contributed by atoms with Crippen LogP contribution in [0.1, 0.15) is 0 Å². The van der Waals surface area contributed by atoms with Crippen LogP contribution in [0.15, 0.2) is 41.0 Å². The number of phenolic OH excluding ortho intramolecular Hbond substituents is 2. The first-order chi connectivity index (χ1) is 10.2. The van der Waals surface area contributed by atoms with Gasteiger partial charge >= 0.3 is 0 Å². The molecule has 2 aromatic carbocycles. The van der Waals surface area contributed by atoms with E-state index in [1.54, 1.807) is 30.5 Å². The van der Waals surface area contributed by atoms with E-state index in [1.165, 1.54) is 20.3 Å². The lowest BCUT2D eigenvalue weighted by Gasteiger charge is -2.13. The summed E-state index contributed by atoms with van der Waals surface area (Å²) in [5.41, 5.74) is 2.09. The highest BCUT2D eigenvalue weighted by Gasteiger charge is 2.19. The number of fused-ring (bicyclic) bond motifs is 1. The molecule has 0 unspecified atom stereocenters. The maximum atomic E-state index is 9.83. The highest BCUT2D eigenvalue weighted by atomic mass is 16.5. The van der Waals surface area contributed by atoms with Gasteiger partial charge in [0, 0.05) is 22.6 Å². The van der Waals surface area contributed by atoms with Crippen molar-refractivity contribution in [2.75, 3.05) is 14.2 Å². The highest BCUT2D eigenvalue weighted by Crippen LogP contribution is 2.46. The van der Waals surface area contributed by atoms with Gasteiger partial charge in [-0.3, -0.25) is 0 Å². The van der Waals surface area contributed by atoms with Crippen molar-refractivity contribution < 1.29 is 24.1 Å². The second-order valence-corrected chi connectivity index (χ2v) is 4.53. The van der Waals surface area contributed by atoms with E-state index in [-0.39, 0.29) is 17.2 Å². The molecule has 1 aromatic heterocycles. The van der Waals surface area contributed by atoms with Crippen molar-refractivity contribution in [1.29, 1.82) is 0 Å². The van der Waals surface area contributed by atoms with Gasteiger partial charge in [-0.15, -0.1) is 0 Å². The van der Waals surface area contributed by atoms with Gasteiger partial charge in [0.25, 0.3) is 0 Å². The molecular weight excluding hydrogens is 272 g/mol. The van der Waals surface area contributed by atoms with Crippen LogP contribution >= 0.6 is 0 Å². The van der Waals surface area contributed by atoms with E-state index in [9.17, 15) is 10.2 Å². The molecule has 3 rings (SSSR count). The largest absolute Gasteiger partial charge is 0.508 e. The van der Waals surface area contributed by atoms with Crippen molar-refractivity contribution in [3.63, 3.8) is 0 Å². The Hall–Kier alpha value is -2.82. The standard InChI is InChI=1S/C16H14O5/c1-19-15-11(5-6-13(18)16(15)20-2)12-8-21-14-7-9(17)3-4-10(12)14/h3-8,17-18H,1-2H3. The molecule has 0 spiro atoms. The Bertz CT molecular complexity index is 804. The summed E-state index contributed by atoms with van der Waals surface area (Å²) in [6.07, 6.45) is 1.58. The minimum Gasteiger partial charge on any atom is -0.508 e. The molecule has 0 aliphatic carbocycles. The maximum absolute atomic E-state index is 9.83. The monoisotopic (exact) mass is 286 g/mol. The van der Waals surface area contributed by atoms with Gasteiger partial charge < -0.3 is 24.1 Å². The molecule has 0 aliphatic heterocycles. The van der Waals surface area contributed by atoms with Crippen LogP contribution < -0.4 is 9.47 Å². The number of aromatic hydroxyl groups is 2. The number of hydrogen-bond acceptors (Lipinski definition) is 5. The Balaban J connectivity index is 2.28. The molecular formula is C16H14O5. The third kappa shape index (κ3) is 2.03. The number of benzene rings is 2. The zero-order valence-corrected chi connectivity index (χ0v) is 11.6. The minimum absolute atomic E-state index is 0.00328. The number of phenols is 2. The SMILES string of the molecule is COc1c(O)ccc(-c2coc3cc(O)ccc23)c1OC. The molecule has 0 bridgehead atoms. The van der Waals surface area contributed by atoms with E-state index >= 15 is 0 Å². The van der Waals surface area contributed by atoms with E-state index < -0.39 is 0 Å². The van der Waals surface area contributed by atoms with Crippen molar-refractivity contribution in [1.82, 2.24) is 0 Å². The highest BCUT2D eigenvalue weighted by molar-refractivity contribution is 5.97. The fourth-order valence-electron chi connectivity index (χ4n) is 2.39. The zero-order chi connectivity index (χ0) is 15.0. The number of furan rings is 1. The van der Waals surface area contributed by atoms with Crippen molar-refractivity contribution in [3.8, 4) is 34.1 Å². The molecule has 0 amide bonds. The normalized spacial score (nSPS) is 10.8. The van der Waals surface area contributed by atoms with Gasteiger partial charge in [0.15, 0.2) is 11.5 Å².